The zero-order valence-electron chi connectivity index (χ0n) is 16.1. The quantitative estimate of drug-likeness (QED) is 0.409. The van der Waals surface area contributed by atoms with Crippen molar-refractivity contribution in [2.45, 2.75) is 12.4 Å². The van der Waals surface area contributed by atoms with Crippen LogP contribution in [0.4, 0.5) is 45.6 Å². The first-order valence-electron chi connectivity index (χ1n) is 8.39. The Hall–Kier alpha value is -2.56. The number of alkyl halides is 6. The van der Waals surface area contributed by atoms with Gasteiger partial charge in [0.2, 0.25) is 0 Å². The first kappa shape index (κ1) is 17.5. The number of ether oxygens (including phenoxy) is 1. The summed E-state index contributed by atoms with van der Waals surface area (Å²) in [5.41, 5.74) is -5.82. The van der Waals surface area contributed by atoms with Gasteiger partial charge < -0.3 is 4.74 Å². The van der Waals surface area contributed by atoms with Crippen LogP contribution in [-0.4, -0.2) is 13.1 Å². The third-order valence-electron chi connectivity index (χ3n) is 3.25. The van der Waals surface area contributed by atoms with Crippen molar-refractivity contribution in [3.05, 3.63) is 58.1 Å². The van der Waals surface area contributed by atoms with Gasteiger partial charge in [0.25, 0.3) is 0 Å². The Morgan fingerprint density at radius 2 is 1.71 bits per heavy atom. The smallest absolute Gasteiger partial charge is 0.409 e. The minimum atomic E-state index is -5.67. The van der Waals surface area contributed by atoms with Crippen LogP contribution in [0.5, 0.6) is 5.75 Å². The van der Waals surface area contributed by atoms with Crippen LogP contribution >= 0.6 is 11.6 Å². The van der Waals surface area contributed by atoms with E-state index in [0.717, 1.165) is 0 Å². The number of hydrogen-bond donors (Lipinski definition) is 0. The topological polar surface area (TPSA) is 29.5 Å². The fourth-order valence-corrected chi connectivity index (χ4v) is 2.23. The molecular weight excluding hydrogens is 426 g/mol. The highest BCUT2D eigenvalue weighted by molar-refractivity contribution is 6.31. The molecule has 0 saturated heterocycles. The first-order chi connectivity index (χ1) is 14.0. The Morgan fingerprint density at radius 3 is 2.25 bits per heavy atom. The van der Waals surface area contributed by atoms with E-state index in [1.54, 1.807) is 0 Å². The van der Waals surface area contributed by atoms with Crippen molar-refractivity contribution in [2.75, 3.05) is 11.9 Å². The summed E-state index contributed by atoms with van der Waals surface area (Å²) in [4.78, 5) is 11.8. The molecule has 0 heterocycles. The molecule has 0 N–H and O–H groups in total. The molecule has 0 saturated carbocycles. The molecule has 0 atom stereocenters. The third-order valence-corrected chi connectivity index (χ3v) is 3.60. The van der Waals surface area contributed by atoms with Crippen molar-refractivity contribution in [3.63, 3.8) is 0 Å². The first-order valence-corrected chi connectivity index (χ1v) is 7.27. The van der Waals surface area contributed by atoms with Gasteiger partial charge in [-0.1, -0.05) is 17.7 Å². The number of rotatable bonds is 2. The second-order valence-corrected chi connectivity index (χ2v) is 5.45. The summed E-state index contributed by atoms with van der Waals surface area (Å²) in [6, 6.07) is 1.78. The number of amides is 1. The Morgan fingerprint density at radius 1 is 1.07 bits per heavy atom. The second kappa shape index (κ2) is 7.46. The van der Waals surface area contributed by atoms with Crippen molar-refractivity contribution < 1.29 is 48.8 Å². The molecule has 0 bridgehead atoms. The highest BCUT2D eigenvalue weighted by Gasteiger charge is 2.46. The summed E-state index contributed by atoms with van der Waals surface area (Å²) < 4.78 is 133. The lowest BCUT2D eigenvalue weighted by molar-refractivity contribution is -0.162. The van der Waals surface area contributed by atoms with E-state index in [-0.39, 0.29) is 6.07 Å². The van der Waals surface area contributed by atoms with Crippen LogP contribution in [0.25, 0.3) is 0 Å². The SMILES string of the molecule is [2H]C([2H])([2H])N(C(=O)Oc1cccc(C(F)(F)F)c1C(F)(F)F)c1ccc(F)c(Cl)c1F. The van der Waals surface area contributed by atoms with Gasteiger partial charge in [0.05, 0.1) is 11.3 Å². The minimum absolute atomic E-state index is 0.0705. The number of halogens is 9. The van der Waals surface area contributed by atoms with Gasteiger partial charge in [-0.3, -0.25) is 4.90 Å². The molecule has 0 spiro atoms. The predicted octanol–water partition coefficient (Wildman–Crippen LogP) is 6.29. The third kappa shape index (κ3) is 4.29. The number of hydrogen-bond acceptors (Lipinski definition) is 2. The van der Waals surface area contributed by atoms with E-state index in [1.165, 1.54) is 0 Å². The lowest BCUT2D eigenvalue weighted by Gasteiger charge is -2.21. The number of carbonyl (C=O) groups excluding carboxylic acids is 1. The van der Waals surface area contributed by atoms with Gasteiger partial charge in [0.15, 0.2) is 5.82 Å². The fourth-order valence-electron chi connectivity index (χ4n) is 2.07. The molecule has 1 amide bonds. The molecule has 0 aromatic heterocycles. The maximum Gasteiger partial charge on any atom is 0.420 e. The van der Waals surface area contributed by atoms with Gasteiger partial charge in [-0.25, -0.2) is 13.6 Å². The van der Waals surface area contributed by atoms with Gasteiger partial charge in [-0.2, -0.15) is 26.3 Å². The predicted molar refractivity (Wildman–Crippen MR) is 82.2 cm³/mol. The molecule has 12 heteroatoms. The zero-order chi connectivity index (χ0) is 23.9. The van der Waals surface area contributed by atoms with E-state index in [0.29, 0.717) is 24.3 Å². The van der Waals surface area contributed by atoms with E-state index in [9.17, 15) is 39.9 Å². The van der Waals surface area contributed by atoms with Crippen LogP contribution in [0.15, 0.2) is 30.3 Å². The second-order valence-electron chi connectivity index (χ2n) is 5.07. The van der Waals surface area contributed by atoms with Crippen LogP contribution in [0.3, 0.4) is 0 Å². The Balaban J connectivity index is 2.62. The molecule has 0 aliphatic rings. The normalized spacial score (nSPS) is 14.1. The highest BCUT2D eigenvalue weighted by atomic mass is 35.5. The van der Waals surface area contributed by atoms with Gasteiger partial charge in [-0.15, -0.1) is 0 Å². The van der Waals surface area contributed by atoms with E-state index < -0.39 is 69.5 Å². The average molecular weight is 437 g/mol. The van der Waals surface area contributed by atoms with Crippen LogP contribution in [0.2, 0.25) is 5.02 Å². The zero-order valence-corrected chi connectivity index (χ0v) is 13.8. The average Bonchev–Trinajstić information content (AvgIpc) is 2.59. The minimum Gasteiger partial charge on any atom is -0.409 e. The van der Waals surface area contributed by atoms with Gasteiger partial charge in [0, 0.05) is 11.1 Å². The summed E-state index contributed by atoms with van der Waals surface area (Å²) >= 11 is 5.31. The van der Waals surface area contributed by atoms with Crippen LogP contribution in [0.1, 0.15) is 15.2 Å². The molecule has 2 rings (SSSR count). The lowest BCUT2D eigenvalue weighted by Crippen LogP contribution is -2.31. The van der Waals surface area contributed by atoms with Crippen molar-refractivity contribution in [1.82, 2.24) is 0 Å². The van der Waals surface area contributed by atoms with Gasteiger partial charge in [0.1, 0.15) is 22.2 Å². The van der Waals surface area contributed by atoms with Crippen molar-refractivity contribution in [1.29, 1.82) is 0 Å². The Labute approximate surface area is 161 Å². The lowest BCUT2D eigenvalue weighted by atomic mass is 10.1. The van der Waals surface area contributed by atoms with E-state index in [1.807, 2.05) is 0 Å². The molecule has 0 fully saturated rings. The number of carbonyl (C=O) groups is 1. The maximum atomic E-state index is 14.2. The Bertz CT molecular complexity index is 1010. The Kier molecular flexibility index (Phi) is 4.67. The number of nitrogens with zero attached hydrogens (tertiary/aromatic N) is 1. The van der Waals surface area contributed by atoms with E-state index >= 15 is 0 Å². The van der Waals surface area contributed by atoms with Crippen LogP contribution < -0.4 is 9.64 Å². The summed E-state index contributed by atoms with van der Waals surface area (Å²) in [6.07, 6.45) is -13.4. The molecule has 152 valence electrons. The molecule has 0 radical (unpaired) electrons. The highest BCUT2D eigenvalue weighted by Crippen LogP contribution is 2.45. The summed E-state index contributed by atoms with van der Waals surface area (Å²) in [5.74, 6) is -4.80. The fraction of sp³-hybridized carbons (Fsp3) is 0.188. The van der Waals surface area contributed by atoms with Crippen molar-refractivity contribution in [2.24, 2.45) is 0 Å². The standard InChI is InChI=1S/C16H8ClF8NO2/c1-26(9-6-5-8(18)12(17)13(9)19)14(27)28-10-4-2-3-7(15(20,21)22)11(10)16(23,24)25/h2-6H,1H3/i1D3. The molecule has 3 nitrogen and oxygen atoms in total. The molecule has 0 unspecified atom stereocenters. The molecule has 0 aliphatic carbocycles. The van der Waals surface area contributed by atoms with Gasteiger partial charge in [-0.05, 0) is 24.3 Å². The van der Waals surface area contributed by atoms with Crippen molar-refractivity contribution in [3.8, 4) is 5.75 Å². The molecule has 0 aliphatic heterocycles. The van der Waals surface area contributed by atoms with Gasteiger partial charge >= 0.3 is 18.4 Å². The monoisotopic (exact) mass is 436 g/mol. The van der Waals surface area contributed by atoms with E-state index in [2.05, 4.69) is 4.74 Å². The maximum absolute atomic E-state index is 14.2. The number of anilines is 1. The molecule has 28 heavy (non-hydrogen) atoms. The van der Waals surface area contributed by atoms with Crippen LogP contribution in [-0.2, 0) is 12.4 Å². The molecular formula is C16H8ClF8NO2. The molecule has 2 aromatic rings. The summed E-state index contributed by atoms with van der Waals surface area (Å²) in [5, 5.41) is -1.24. The van der Waals surface area contributed by atoms with E-state index in [4.69, 9.17) is 15.7 Å². The largest absolute Gasteiger partial charge is 0.420 e. The summed E-state index contributed by atoms with van der Waals surface area (Å²) in [6.45, 7) is -3.61. The van der Waals surface area contributed by atoms with Crippen molar-refractivity contribution >= 4 is 23.4 Å². The summed E-state index contributed by atoms with van der Waals surface area (Å²) in [7, 11) is 0. The number of benzene rings is 2. The molecule has 2 aromatic carbocycles. The van der Waals surface area contributed by atoms with Crippen LogP contribution in [0, 0.1) is 11.6 Å².